The van der Waals surface area contributed by atoms with Crippen molar-refractivity contribution in [2.45, 2.75) is 13.5 Å². The van der Waals surface area contributed by atoms with Gasteiger partial charge in [-0.05, 0) is 6.92 Å². The summed E-state index contributed by atoms with van der Waals surface area (Å²) in [5.74, 6) is 0.0740. The first-order valence-corrected chi connectivity index (χ1v) is 5.04. The lowest BCUT2D eigenvalue weighted by Gasteiger charge is -2.09. The van der Waals surface area contributed by atoms with Gasteiger partial charge in [0, 0.05) is 20.6 Å². The molecule has 0 amide bonds. The molecule has 0 saturated heterocycles. The first-order chi connectivity index (χ1) is 8.01. The van der Waals surface area contributed by atoms with Gasteiger partial charge >= 0.3 is 5.69 Å². The Kier molecular flexibility index (Phi) is 3.97. The van der Waals surface area contributed by atoms with Crippen molar-refractivity contribution in [3.8, 4) is 0 Å². The van der Waals surface area contributed by atoms with E-state index < -0.39 is 11.2 Å². The molecule has 0 aliphatic rings. The zero-order valence-electron chi connectivity index (χ0n) is 9.93. The average Bonchev–Trinajstić information content (AvgIpc) is 2.25. The second kappa shape index (κ2) is 5.24. The number of hydrogen-bond acceptors (Lipinski definition) is 4. The van der Waals surface area contributed by atoms with Gasteiger partial charge in [-0.2, -0.15) is 0 Å². The summed E-state index contributed by atoms with van der Waals surface area (Å²) in [4.78, 5) is 41.5. The van der Waals surface area contributed by atoms with Gasteiger partial charge in [0.1, 0.15) is 5.56 Å². The Hall–Kier alpha value is -2.18. The van der Waals surface area contributed by atoms with Crippen LogP contribution < -0.4 is 11.2 Å². The van der Waals surface area contributed by atoms with Crippen molar-refractivity contribution in [3.63, 3.8) is 0 Å². The van der Waals surface area contributed by atoms with E-state index in [1.54, 1.807) is 25.9 Å². The van der Waals surface area contributed by atoms with E-state index in [4.69, 9.17) is 0 Å². The maximum Gasteiger partial charge on any atom is 0.329 e. The second-order valence-electron chi connectivity index (χ2n) is 3.57. The van der Waals surface area contributed by atoms with E-state index in [-0.39, 0.29) is 11.4 Å². The molecule has 1 N–H and O–H groups in total. The van der Waals surface area contributed by atoms with Gasteiger partial charge in [-0.1, -0.05) is 0 Å². The highest BCUT2D eigenvalue weighted by molar-refractivity contribution is 5.82. The van der Waals surface area contributed by atoms with Crippen LogP contribution in [0.5, 0.6) is 0 Å². The normalized spacial score (nSPS) is 10.8. The number of carbonyl (C=O) groups excluding carboxylic acids is 1. The molecule has 7 heteroatoms. The van der Waals surface area contributed by atoms with Crippen LogP contribution in [0.4, 0.5) is 5.82 Å². The predicted molar refractivity (Wildman–Crippen MR) is 64.2 cm³/mol. The highest BCUT2D eigenvalue weighted by Crippen LogP contribution is 2.10. The molecule has 0 atom stereocenters. The molecule has 0 aromatic carbocycles. The number of rotatable bonds is 4. The first kappa shape index (κ1) is 12.9. The fourth-order valence-electron chi connectivity index (χ4n) is 1.28. The van der Waals surface area contributed by atoms with Crippen LogP contribution in [0.2, 0.25) is 0 Å². The summed E-state index contributed by atoms with van der Waals surface area (Å²) >= 11 is 0. The molecule has 1 rings (SSSR count). The number of aliphatic imine (C=N–C) groups is 1. The largest absolute Gasteiger partial charge is 0.369 e. The Bertz CT molecular complexity index is 554. The van der Waals surface area contributed by atoms with Gasteiger partial charge in [0.25, 0.3) is 5.56 Å². The lowest BCUT2D eigenvalue weighted by atomic mass is 10.3. The molecule has 0 fully saturated rings. The third-order valence-electron chi connectivity index (χ3n) is 2.05. The fourth-order valence-corrected chi connectivity index (χ4v) is 1.28. The summed E-state index contributed by atoms with van der Waals surface area (Å²) < 4.78 is 1.23. The quantitative estimate of drug-likeness (QED) is 0.439. The van der Waals surface area contributed by atoms with E-state index in [0.29, 0.717) is 12.8 Å². The summed E-state index contributed by atoms with van der Waals surface area (Å²) in [6, 6.07) is 0. The molecule has 0 spiro atoms. The summed E-state index contributed by atoms with van der Waals surface area (Å²) in [6.07, 6.45) is 1.82. The van der Waals surface area contributed by atoms with Gasteiger partial charge in [-0.3, -0.25) is 19.1 Å². The predicted octanol–water partition coefficient (Wildman–Crippen LogP) is -0.410. The van der Waals surface area contributed by atoms with E-state index in [9.17, 15) is 14.4 Å². The van der Waals surface area contributed by atoms with Crippen LogP contribution in [0.15, 0.2) is 14.6 Å². The maximum atomic E-state index is 11.5. The van der Waals surface area contributed by atoms with Crippen LogP contribution in [0.25, 0.3) is 0 Å². The van der Waals surface area contributed by atoms with Gasteiger partial charge in [-0.15, -0.1) is 0 Å². The third kappa shape index (κ3) is 2.68. The Morgan fingerprint density at radius 1 is 1.41 bits per heavy atom. The zero-order chi connectivity index (χ0) is 13.0. The topological polar surface area (TPSA) is 87.5 Å². The highest BCUT2D eigenvalue weighted by atomic mass is 16.2. The highest BCUT2D eigenvalue weighted by Gasteiger charge is 2.12. The van der Waals surface area contributed by atoms with Crippen LogP contribution in [0.3, 0.4) is 0 Å². The SMILES string of the molecule is CCn1c(/N=C/N(C)C)c(C=O)c(=O)[nH]c1=O. The molecule has 0 unspecified atom stereocenters. The number of aromatic nitrogens is 2. The molecule has 1 aromatic rings. The van der Waals surface area contributed by atoms with E-state index in [1.165, 1.54) is 10.9 Å². The Balaban J connectivity index is 3.57. The van der Waals surface area contributed by atoms with Gasteiger partial charge in [0.15, 0.2) is 12.1 Å². The Morgan fingerprint density at radius 3 is 2.53 bits per heavy atom. The molecule has 1 heterocycles. The summed E-state index contributed by atoms with van der Waals surface area (Å²) in [5, 5.41) is 0. The molecule has 1 aromatic heterocycles. The summed E-state index contributed by atoms with van der Waals surface area (Å²) in [5.41, 5.74) is -1.45. The van der Waals surface area contributed by atoms with Crippen LogP contribution in [0, 0.1) is 0 Å². The van der Waals surface area contributed by atoms with Crippen molar-refractivity contribution in [2.75, 3.05) is 14.1 Å². The van der Waals surface area contributed by atoms with Crippen LogP contribution in [0.1, 0.15) is 17.3 Å². The number of aldehydes is 1. The number of nitrogens with zero attached hydrogens (tertiary/aromatic N) is 3. The molecule has 0 bridgehead atoms. The van der Waals surface area contributed by atoms with Gasteiger partial charge in [0.05, 0.1) is 6.34 Å². The van der Waals surface area contributed by atoms with Crippen molar-refractivity contribution in [2.24, 2.45) is 4.99 Å². The zero-order valence-corrected chi connectivity index (χ0v) is 9.93. The van der Waals surface area contributed by atoms with E-state index in [2.05, 4.69) is 9.98 Å². The standard InChI is InChI=1S/C10H14N4O3/c1-4-14-8(11-6-13(2)3)7(5-15)9(16)12-10(14)17/h5-6H,4H2,1-3H3,(H,12,16,17)/b11-6+. The Labute approximate surface area is 97.4 Å². The van der Waals surface area contributed by atoms with Crippen LogP contribution >= 0.6 is 0 Å². The molecule has 0 saturated carbocycles. The van der Waals surface area contributed by atoms with Gasteiger partial charge in [-0.25, -0.2) is 9.79 Å². The van der Waals surface area contributed by atoms with E-state index in [1.807, 2.05) is 0 Å². The van der Waals surface area contributed by atoms with Crippen molar-refractivity contribution in [3.05, 3.63) is 26.4 Å². The van der Waals surface area contributed by atoms with Crippen molar-refractivity contribution in [1.29, 1.82) is 0 Å². The molecule has 7 nitrogen and oxygen atoms in total. The van der Waals surface area contributed by atoms with Crippen molar-refractivity contribution >= 4 is 18.4 Å². The van der Waals surface area contributed by atoms with Crippen molar-refractivity contribution < 1.29 is 4.79 Å². The minimum Gasteiger partial charge on any atom is -0.369 e. The number of H-pyrrole nitrogens is 1. The number of aromatic amines is 1. The molecule has 92 valence electrons. The maximum absolute atomic E-state index is 11.5. The van der Waals surface area contributed by atoms with Crippen molar-refractivity contribution in [1.82, 2.24) is 14.5 Å². The summed E-state index contributed by atoms with van der Waals surface area (Å²) in [7, 11) is 3.48. The number of hydrogen-bond donors (Lipinski definition) is 1. The Morgan fingerprint density at radius 2 is 2.06 bits per heavy atom. The molecular weight excluding hydrogens is 224 g/mol. The van der Waals surface area contributed by atoms with E-state index in [0.717, 1.165) is 0 Å². The molecule has 17 heavy (non-hydrogen) atoms. The van der Waals surface area contributed by atoms with Crippen LogP contribution in [-0.2, 0) is 6.54 Å². The molecule has 0 radical (unpaired) electrons. The number of nitrogens with one attached hydrogen (secondary N) is 1. The van der Waals surface area contributed by atoms with Gasteiger partial charge in [0.2, 0.25) is 0 Å². The molecule has 0 aliphatic heterocycles. The minimum absolute atomic E-state index is 0.0740. The van der Waals surface area contributed by atoms with Gasteiger partial charge < -0.3 is 4.90 Å². The summed E-state index contributed by atoms with van der Waals surface area (Å²) in [6.45, 7) is 2.04. The number of carbonyl (C=O) groups is 1. The third-order valence-corrected chi connectivity index (χ3v) is 2.05. The minimum atomic E-state index is -0.722. The van der Waals surface area contributed by atoms with Crippen LogP contribution in [-0.4, -0.2) is 41.2 Å². The average molecular weight is 238 g/mol. The molecule has 0 aliphatic carbocycles. The second-order valence-corrected chi connectivity index (χ2v) is 3.57. The monoisotopic (exact) mass is 238 g/mol. The lowest BCUT2D eigenvalue weighted by Crippen LogP contribution is -2.32. The first-order valence-electron chi connectivity index (χ1n) is 5.04. The van der Waals surface area contributed by atoms with E-state index >= 15 is 0 Å². The lowest BCUT2D eigenvalue weighted by molar-refractivity contribution is 0.112. The molecular formula is C10H14N4O3. The smallest absolute Gasteiger partial charge is 0.329 e. The fraction of sp³-hybridized carbons (Fsp3) is 0.400.